The molecule has 5 rings (SSSR count). The molecule has 32 heavy (non-hydrogen) atoms. The number of benzene rings is 2. The summed E-state index contributed by atoms with van der Waals surface area (Å²) in [4.78, 5) is 40.2. The molecule has 0 unspecified atom stereocenters. The molecule has 2 aliphatic rings. The third-order valence-electron chi connectivity index (χ3n) is 6.04. The molecule has 3 aromatic rings. The van der Waals surface area contributed by atoms with Crippen molar-refractivity contribution in [1.29, 1.82) is 0 Å². The Morgan fingerprint density at radius 2 is 1.88 bits per heavy atom. The van der Waals surface area contributed by atoms with Crippen LogP contribution in [-0.4, -0.2) is 31.8 Å². The fourth-order valence-corrected chi connectivity index (χ4v) is 4.49. The van der Waals surface area contributed by atoms with Gasteiger partial charge in [0.05, 0.1) is 6.54 Å². The second kappa shape index (κ2) is 7.60. The van der Waals surface area contributed by atoms with Crippen molar-refractivity contribution in [2.45, 2.75) is 38.3 Å². The summed E-state index contributed by atoms with van der Waals surface area (Å²) in [6.45, 7) is 1.87. The van der Waals surface area contributed by atoms with Crippen LogP contribution in [0.1, 0.15) is 35.4 Å². The van der Waals surface area contributed by atoms with E-state index in [0.29, 0.717) is 6.42 Å². The summed E-state index contributed by atoms with van der Waals surface area (Å²) in [5, 5.41) is 6.07. The van der Waals surface area contributed by atoms with E-state index in [2.05, 4.69) is 25.6 Å². The normalized spacial score (nSPS) is 19.7. The summed E-state index contributed by atoms with van der Waals surface area (Å²) >= 11 is 0. The van der Waals surface area contributed by atoms with Gasteiger partial charge in [0, 0.05) is 5.69 Å². The Morgan fingerprint density at radius 3 is 2.72 bits per heavy atom. The second-order valence-electron chi connectivity index (χ2n) is 8.11. The van der Waals surface area contributed by atoms with Crippen LogP contribution in [-0.2, 0) is 23.3 Å². The number of fused-ring (bicyclic) bond motifs is 2. The lowest BCUT2D eigenvalue weighted by atomic mass is 9.76. The molecule has 1 atom stereocenters. The molecule has 3 amide bonds. The Hall–Kier alpha value is -4.01. The number of imide groups is 1. The van der Waals surface area contributed by atoms with Crippen molar-refractivity contribution in [2.75, 3.05) is 11.1 Å². The minimum atomic E-state index is -1.03. The van der Waals surface area contributed by atoms with Gasteiger partial charge in [0.2, 0.25) is 11.9 Å². The van der Waals surface area contributed by atoms with Crippen molar-refractivity contribution in [3.05, 3.63) is 71.0 Å². The topological polar surface area (TPSA) is 126 Å². The van der Waals surface area contributed by atoms with E-state index in [0.717, 1.165) is 40.1 Å². The maximum Gasteiger partial charge on any atom is 0.325 e. The van der Waals surface area contributed by atoms with Gasteiger partial charge in [-0.05, 0) is 48.9 Å². The first-order chi connectivity index (χ1) is 15.5. The highest BCUT2D eigenvalue weighted by atomic mass is 16.2. The molecule has 4 N–H and O–H groups in total. The number of nitrogens with one attached hydrogen (secondary N) is 2. The van der Waals surface area contributed by atoms with Crippen molar-refractivity contribution in [1.82, 2.24) is 25.2 Å². The number of hydrogen-bond acceptors (Lipinski definition) is 7. The fraction of sp³-hybridized carbons (Fsp3) is 0.261. The number of carbonyl (C=O) groups is 2. The van der Waals surface area contributed by atoms with E-state index in [-0.39, 0.29) is 30.2 Å². The van der Waals surface area contributed by atoms with E-state index in [1.165, 1.54) is 0 Å². The monoisotopic (exact) mass is 429 g/mol. The molecule has 2 heterocycles. The maximum absolute atomic E-state index is 13.5. The van der Waals surface area contributed by atoms with Crippen molar-refractivity contribution in [3.8, 4) is 0 Å². The highest BCUT2D eigenvalue weighted by Gasteiger charge is 2.54. The van der Waals surface area contributed by atoms with Crippen LogP contribution >= 0.6 is 0 Å². The number of anilines is 3. The van der Waals surface area contributed by atoms with E-state index >= 15 is 0 Å². The molecule has 0 saturated carbocycles. The summed E-state index contributed by atoms with van der Waals surface area (Å²) in [6, 6.07) is 15.0. The molecule has 1 aliphatic carbocycles. The number of nitrogens with two attached hydrogens (primary N) is 1. The zero-order valence-electron chi connectivity index (χ0n) is 17.6. The lowest BCUT2D eigenvalue weighted by Crippen LogP contribution is -2.46. The van der Waals surface area contributed by atoms with E-state index in [1.54, 1.807) is 0 Å². The predicted octanol–water partition coefficient (Wildman–Crippen LogP) is 2.79. The van der Waals surface area contributed by atoms with Crippen molar-refractivity contribution in [3.63, 3.8) is 0 Å². The van der Waals surface area contributed by atoms with E-state index < -0.39 is 11.6 Å². The molecule has 9 heteroatoms. The Morgan fingerprint density at radius 1 is 1.09 bits per heavy atom. The number of nitrogen functional groups attached to an aromatic ring is 1. The zero-order chi connectivity index (χ0) is 22.3. The van der Waals surface area contributed by atoms with Gasteiger partial charge < -0.3 is 16.4 Å². The largest absolute Gasteiger partial charge is 0.368 e. The zero-order valence-corrected chi connectivity index (χ0v) is 17.6. The molecular formula is C23H23N7O2. The van der Waals surface area contributed by atoms with Crippen LogP contribution in [0.25, 0.3) is 0 Å². The van der Waals surface area contributed by atoms with Gasteiger partial charge in [0.25, 0.3) is 5.91 Å². The van der Waals surface area contributed by atoms with Crippen LogP contribution in [0.4, 0.5) is 22.4 Å². The standard InChI is InChI=1S/C23H23N7O2/c1-14-7-2-5-11-17(14)25-21-27-18(26-20(24)28-21)13-30-19(31)23(29-22(30)32)12-6-9-15-8-3-4-10-16(15)23/h2-5,7-8,10-11H,6,9,12-13H2,1H3,(H,29,32)(H3,24,25,26,27,28)/t23-/m0/s1. The Kier molecular flexibility index (Phi) is 4.73. The van der Waals surface area contributed by atoms with Crippen molar-refractivity contribution < 1.29 is 9.59 Å². The molecular weight excluding hydrogens is 406 g/mol. The molecule has 2 aromatic carbocycles. The lowest BCUT2D eigenvalue weighted by Gasteiger charge is -2.33. The first kappa shape index (κ1) is 19.9. The van der Waals surface area contributed by atoms with Crippen molar-refractivity contribution >= 4 is 29.5 Å². The lowest BCUT2D eigenvalue weighted by molar-refractivity contribution is -0.132. The third kappa shape index (κ3) is 3.31. The van der Waals surface area contributed by atoms with Crippen LogP contribution in [0.15, 0.2) is 48.5 Å². The molecule has 1 aliphatic heterocycles. The quantitative estimate of drug-likeness (QED) is 0.544. The number of aryl methyl sites for hydroxylation is 2. The van der Waals surface area contributed by atoms with E-state index in [9.17, 15) is 9.59 Å². The molecule has 1 fully saturated rings. The summed E-state index contributed by atoms with van der Waals surface area (Å²) in [5.74, 6) is 0.211. The molecule has 0 radical (unpaired) electrons. The number of para-hydroxylation sites is 1. The maximum atomic E-state index is 13.5. The Labute approximate surface area is 185 Å². The van der Waals surface area contributed by atoms with Crippen molar-refractivity contribution in [2.24, 2.45) is 0 Å². The van der Waals surface area contributed by atoms with Crippen LogP contribution in [0.2, 0.25) is 0 Å². The van der Waals surface area contributed by atoms with Gasteiger partial charge in [-0.3, -0.25) is 9.69 Å². The van der Waals surface area contributed by atoms with Gasteiger partial charge in [-0.2, -0.15) is 15.0 Å². The number of rotatable bonds is 4. The fourth-order valence-electron chi connectivity index (χ4n) is 4.49. The molecule has 1 aromatic heterocycles. The van der Waals surface area contributed by atoms with Crippen LogP contribution in [0, 0.1) is 6.92 Å². The number of carbonyl (C=O) groups excluding carboxylic acids is 2. The predicted molar refractivity (Wildman–Crippen MR) is 119 cm³/mol. The van der Waals surface area contributed by atoms with Gasteiger partial charge in [0.1, 0.15) is 5.54 Å². The highest BCUT2D eigenvalue weighted by molar-refractivity contribution is 6.07. The van der Waals surface area contributed by atoms with E-state index in [4.69, 9.17) is 5.73 Å². The molecule has 0 bridgehead atoms. The number of nitrogens with zero attached hydrogens (tertiary/aromatic N) is 4. The molecule has 1 spiro atoms. The van der Waals surface area contributed by atoms with Gasteiger partial charge in [-0.1, -0.05) is 42.5 Å². The number of hydrogen-bond donors (Lipinski definition) is 3. The van der Waals surface area contributed by atoms with Gasteiger partial charge in [-0.15, -0.1) is 0 Å². The van der Waals surface area contributed by atoms with Crippen LogP contribution in [0.3, 0.4) is 0 Å². The van der Waals surface area contributed by atoms with E-state index in [1.807, 2.05) is 55.5 Å². The summed E-state index contributed by atoms with van der Waals surface area (Å²) in [6.07, 6.45) is 2.27. The first-order valence-electron chi connectivity index (χ1n) is 10.5. The van der Waals surface area contributed by atoms with Gasteiger partial charge in [0.15, 0.2) is 5.82 Å². The number of amides is 3. The SMILES string of the molecule is Cc1ccccc1Nc1nc(N)nc(CN2C(=O)N[C@]3(CCCc4ccccc43)C2=O)n1. The first-order valence-corrected chi connectivity index (χ1v) is 10.5. The Bertz CT molecular complexity index is 1230. The van der Waals surface area contributed by atoms with Crippen LogP contribution < -0.4 is 16.4 Å². The molecule has 1 saturated heterocycles. The minimum absolute atomic E-state index is 0.0101. The smallest absolute Gasteiger partial charge is 0.325 e. The average Bonchev–Trinajstić information content (AvgIpc) is 3.00. The molecule has 162 valence electrons. The van der Waals surface area contributed by atoms with Gasteiger partial charge >= 0.3 is 6.03 Å². The average molecular weight is 429 g/mol. The van der Waals surface area contributed by atoms with Crippen LogP contribution in [0.5, 0.6) is 0 Å². The Balaban J connectivity index is 1.43. The third-order valence-corrected chi connectivity index (χ3v) is 6.04. The minimum Gasteiger partial charge on any atom is -0.368 e. The molecule has 9 nitrogen and oxygen atoms in total. The summed E-state index contributed by atoms with van der Waals surface area (Å²) in [7, 11) is 0. The summed E-state index contributed by atoms with van der Waals surface area (Å²) in [5.41, 5.74) is 8.65. The highest BCUT2D eigenvalue weighted by Crippen LogP contribution is 2.40. The number of urea groups is 1. The summed E-state index contributed by atoms with van der Waals surface area (Å²) < 4.78 is 0. The number of aromatic nitrogens is 3. The second-order valence-corrected chi connectivity index (χ2v) is 8.11. The van der Waals surface area contributed by atoms with Gasteiger partial charge in [-0.25, -0.2) is 4.79 Å².